The summed E-state index contributed by atoms with van der Waals surface area (Å²) in [6.45, 7) is 1.58. The van der Waals surface area contributed by atoms with Gasteiger partial charge in [-0.3, -0.25) is 43.8 Å². The molecule has 0 spiro atoms. The van der Waals surface area contributed by atoms with Crippen LogP contribution in [0.3, 0.4) is 0 Å². The van der Waals surface area contributed by atoms with E-state index in [-0.39, 0.29) is 50.2 Å². The summed E-state index contributed by atoms with van der Waals surface area (Å²) in [5.41, 5.74) is 19.8. The zero-order valence-corrected chi connectivity index (χ0v) is 39.7. The molecule has 22 nitrogen and oxygen atoms in total. The van der Waals surface area contributed by atoms with E-state index in [9.17, 15) is 38.4 Å². The Bertz CT molecular complexity index is 2720. The summed E-state index contributed by atoms with van der Waals surface area (Å²) in [6.07, 6.45) is 3.67. The molecular formula is C46H56N14O8S2. The number of rotatable bonds is 12. The minimum atomic E-state index is -1.39. The van der Waals surface area contributed by atoms with Crippen molar-refractivity contribution in [2.45, 2.75) is 87.6 Å². The normalized spacial score (nSPS) is 23.6. The maximum absolute atomic E-state index is 14.8. The Kier molecular flexibility index (Phi) is 17.1. The van der Waals surface area contributed by atoms with E-state index in [4.69, 9.17) is 17.2 Å². The fourth-order valence-corrected chi connectivity index (χ4v) is 10.5. The molecular weight excluding hydrogens is 941 g/mol. The minimum absolute atomic E-state index is 0.00726. The van der Waals surface area contributed by atoms with Gasteiger partial charge in [0.1, 0.15) is 48.6 Å². The third kappa shape index (κ3) is 13.0. The Morgan fingerprint density at radius 3 is 2.11 bits per heavy atom. The van der Waals surface area contributed by atoms with Gasteiger partial charge in [0.15, 0.2) is 0 Å². The number of nitrogens with zero attached hydrogens (tertiary/aromatic N) is 2. The van der Waals surface area contributed by atoms with Gasteiger partial charge in [-0.05, 0) is 54.3 Å². The number of hydrogen-bond acceptors (Lipinski definition) is 14. The summed E-state index contributed by atoms with van der Waals surface area (Å²) in [7, 11) is 2.22. The number of nitrogens with one attached hydrogen (secondary N) is 9. The highest BCUT2D eigenvalue weighted by Gasteiger charge is 2.44. The van der Waals surface area contributed by atoms with Crippen molar-refractivity contribution in [3.8, 4) is 0 Å². The molecule has 2 aliphatic rings. The molecule has 9 amide bonds. The van der Waals surface area contributed by atoms with E-state index < -0.39 is 96.0 Å². The number of imide groups is 1. The molecule has 5 aromatic rings. The van der Waals surface area contributed by atoms with Crippen molar-refractivity contribution < 1.29 is 38.4 Å². The number of carbonyl (C=O) groups is 8. The summed E-state index contributed by atoms with van der Waals surface area (Å²) < 4.78 is 0. The van der Waals surface area contributed by atoms with E-state index in [1.807, 2.05) is 60.7 Å². The van der Waals surface area contributed by atoms with Crippen molar-refractivity contribution in [1.82, 2.24) is 57.1 Å². The number of hydrogen-bond donors (Lipinski definition) is 12. The van der Waals surface area contributed by atoms with Crippen LogP contribution in [0.25, 0.3) is 21.7 Å². The van der Waals surface area contributed by atoms with E-state index in [0.29, 0.717) is 16.8 Å². The highest BCUT2D eigenvalue weighted by atomic mass is 33.1. The monoisotopic (exact) mass is 996 g/mol. The van der Waals surface area contributed by atoms with Crippen molar-refractivity contribution >= 4 is 90.6 Å². The second kappa shape index (κ2) is 23.5. The van der Waals surface area contributed by atoms with Crippen LogP contribution in [0.4, 0.5) is 4.79 Å². The number of para-hydroxylation sites is 1. The van der Waals surface area contributed by atoms with Gasteiger partial charge in [-0.25, -0.2) is 9.78 Å². The predicted molar refractivity (Wildman–Crippen MR) is 264 cm³/mol. The smallest absolute Gasteiger partial charge is 0.325 e. The van der Waals surface area contributed by atoms with Gasteiger partial charge in [0, 0.05) is 59.8 Å². The summed E-state index contributed by atoms with van der Waals surface area (Å²) in [4.78, 5) is 123. The summed E-state index contributed by atoms with van der Waals surface area (Å²) >= 11 is 0. The summed E-state index contributed by atoms with van der Waals surface area (Å²) in [5, 5.41) is 21.8. The number of fused-ring (bicyclic) bond motifs is 4. The SMILES string of the molecule is C[C@@H]1C(=O)N[C@@H](Cc2cnc[nH]2)C(=O)N[C@H](Cc2ccc3ccccc3c2)C(=O)N[C@@H](CCCNC(N)N)C(=O)N[C@@H](Cc2c[nH]c3ccccc23)C(=O)N[C@H](C(N)=O)CSSC[C@@H]2NC(=O)N1C2=O. The maximum atomic E-state index is 14.8. The van der Waals surface area contributed by atoms with Gasteiger partial charge in [0.05, 0.1) is 6.33 Å². The average molecular weight is 997 g/mol. The minimum Gasteiger partial charge on any atom is -0.368 e. The predicted octanol–water partition coefficient (Wildman–Crippen LogP) is -0.744. The van der Waals surface area contributed by atoms with Crippen LogP contribution in [0.5, 0.6) is 0 Å². The molecule has 0 radical (unpaired) electrons. The van der Waals surface area contributed by atoms with E-state index in [0.717, 1.165) is 48.2 Å². The van der Waals surface area contributed by atoms with Crippen LogP contribution in [0, 0.1) is 0 Å². The molecule has 0 aliphatic carbocycles. The van der Waals surface area contributed by atoms with E-state index >= 15 is 0 Å². The summed E-state index contributed by atoms with van der Waals surface area (Å²) in [6, 6.07) is 10.6. The maximum Gasteiger partial charge on any atom is 0.325 e. The van der Waals surface area contributed by atoms with Crippen LogP contribution >= 0.6 is 21.6 Å². The van der Waals surface area contributed by atoms with Gasteiger partial charge in [0.25, 0.3) is 5.91 Å². The average Bonchev–Trinajstić information content (AvgIpc) is 4.08. The van der Waals surface area contributed by atoms with Gasteiger partial charge >= 0.3 is 6.03 Å². The molecule has 4 heterocycles. The fraction of sp³-hybridized carbons (Fsp3) is 0.370. The molecule has 2 bridgehead atoms. The number of imidazole rings is 1. The first-order valence-electron chi connectivity index (χ1n) is 22.6. The number of urea groups is 1. The van der Waals surface area contributed by atoms with Gasteiger partial charge in [0.2, 0.25) is 35.4 Å². The van der Waals surface area contributed by atoms with Crippen LogP contribution in [0.15, 0.2) is 85.5 Å². The zero-order chi connectivity index (χ0) is 49.9. The number of nitrogens with two attached hydrogens (primary N) is 3. The number of primary amides is 1. The topological polar surface area (TPSA) is 347 Å². The Hall–Kier alpha value is -6.99. The first kappa shape index (κ1) is 50.9. The quantitative estimate of drug-likeness (QED) is 0.0317. The molecule has 3 aromatic carbocycles. The standard InChI is InChI=1S/C46H56N14O8S2/c1-24-39(62)55-35(18-29-20-50-23-53-29)43(66)56-33(16-25-12-13-26-7-2-3-8-27(26)15-25)41(64)54-32(11-6-14-51-45(48)49)40(63)57-34(17-28-19-52-31-10-5-4-9-30(28)31)42(65)58-36(38(47)61)21-69-70-22-37-44(67)60(24)46(68)59-37/h2-5,7-10,12-13,15,19-20,23-24,32-37,45,51-52H,6,11,14,16-18,21-22,48-49H2,1H3,(H2,47,61)(H,50,53)(H,54,64)(H,55,62)(H,56,66)(H,57,63)(H,58,65)(H,59,68)/t24-,32+,33-,34+,35+,36+,37+/m1/s1. The lowest BCUT2D eigenvalue weighted by Crippen LogP contribution is -2.60. The zero-order valence-electron chi connectivity index (χ0n) is 38.1. The molecule has 70 heavy (non-hydrogen) atoms. The fourth-order valence-electron chi connectivity index (χ4n) is 8.16. The van der Waals surface area contributed by atoms with E-state index in [1.54, 1.807) is 12.3 Å². The van der Waals surface area contributed by atoms with Crippen LogP contribution in [0.2, 0.25) is 0 Å². The molecule has 0 unspecified atom stereocenters. The Labute approximate surface area is 409 Å². The van der Waals surface area contributed by atoms with Crippen molar-refractivity contribution in [2.75, 3.05) is 18.1 Å². The second-order valence-electron chi connectivity index (χ2n) is 17.0. The van der Waals surface area contributed by atoms with Gasteiger partial charge in [-0.1, -0.05) is 82.3 Å². The highest BCUT2D eigenvalue weighted by Crippen LogP contribution is 2.26. The Morgan fingerprint density at radius 1 is 0.743 bits per heavy atom. The van der Waals surface area contributed by atoms with Crippen LogP contribution in [-0.4, -0.2) is 134 Å². The second-order valence-corrected chi connectivity index (χ2v) is 19.6. The molecule has 24 heteroatoms. The van der Waals surface area contributed by atoms with Crippen molar-refractivity contribution in [3.05, 3.63) is 102 Å². The van der Waals surface area contributed by atoms with Crippen molar-refractivity contribution in [3.63, 3.8) is 0 Å². The van der Waals surface area contributed by atoms with E-state index in [2.05, 4.69) is 52.2 Å². The molecule has 0 saturated carbocycles. The number of aromatic amines is 2. The molecule has 2 fully saturated rings. The van der Waals surface area contributed by atoms with E-state index in [1.165, 1.54) is 19.4 Å². The third-order valence-electron chi connectivity index (χ3n) is 11.9. The number of H-pyrrole nitrogens is 2. The van der Waals surface area contributed by atoms with Gasteiger partial charge in [-0.2, -0.15) is 0 Å². The third-order valence-corrected chi connectivity index (χ3v) is 14.4. The molecule has 15 N–H and O–H groups in total. The number of amides is 9. The molecule has 2 aliphatic heterocycles. The molecule has 370 valence electrons. The van der Waals surface area contributed by atoms with Crippen LogP contribution < -0.4 is 54.4 Å². The first-order chi connectivity index (χ1) is 33.6. The Balaban J connectivity index is 1.26. The number of aromatic nitrogens is 3. The lowest BCUT2D eigenvalue weighted by atomic mass is 9.99. The number of benzene rings is 3. The van der Waals surface area contributed by atoms with Gasteiger partial charge in [-0.15, -0.1) is 0 Å². The highest BCUT2D eigenvalue weighted by molar-refractivity contribution is 8.76. The molecule has 2 aromatic heterocycles. The molecule has 7 rings (SSSR count). The number of carbonyl (C=O) groups excluding carboxylic acids is 8. The molecule has 2 saturated heterocycles. The molecule has 7 atom stereocenters. The van der Waals surface area contributed by atoms with Gasteiger partial charge < -0.3 is 59.1 Å². The Morgan fingerprint density at radius 2 is 1.39 bits per heavy atom. The summed E-state index contributed by atoms with van der Waals surface area (Å²) in [5.74, 6) is -5.57. The lowest BCUT2D eigenvalue weighted by Gasteiger charge is -2.28. The first-order valence-corrected chi connectivity index (χ1v) is 25.1. The van der Waals surface area contributed by atoms with Crippen molar-refractivity contribution in [2.24, 2.45) is 17.2 Å². The lowest BCUT2D eigenvalue weighted by molar-refractivity contribution is -0.137. The van der Waals surface area contributed by atoms with Crippen LogP contribution in [0.1, 0.15) is 36.6 Å². The van der Waals surface area contributed by atoms with Crippen LogP contribution in [-0.2, 0) is 52.8 Å². The van der Waals surface area contributed by atoms with Crippen molar-refractivity contribution in [1.29, 1.82) is 0 Å². The largest absolute Gasteiger partial charge is 0.368 e.